The molecule has 0 aromatic heterocycles. The molecule has 0 rings (SSSR count). The van der Waals surface area contributed by atoms with Gasteiger partial charge in [0, 0.05) is 23.4 Å². The number of carbonyl (C=O) groups is 3. The van der Waals surface area contributed by atoms with E-state index in [1.54, 1.807) is 0 Å². The first-order valence-electron chi connectivity index (χ1n) is 4.53. The Bertz CT molecular complexity index is 319. The van der Waals surface area contributed by atoms with Gasteiger partial charge in [-0.3, -0.25) is 0 Å². The van der Waals surface area contributed by atoms with Gasteiger partial charge in [0.2, 0.25) is 0 Å². The van der Waals surface area contributed by atoms with Gasteiger partial charge in [-0.05, 0) is 20.3 Å². The van der Waals surface area contributed by atoms with Crippen molar-refractivity contribution in [3.05, 3.63) is 12.2 Å². The molecule has 0 amide bonds. The van der Waals surface area contributed by atoms with Crippen LogP contribution < -0.4 is 10.2 Å². The second-order valence-corrected chi connectivity index (χ2v) is 3.39. The first-order valence-corrected chi connectivity index (χ1v) is 4.53. The number of carbonyl (C=O) groups excluding carboxylic acids is 3. The molecule has 90 valence electrons. The highest BCUT2D eigenvalue weighted by Gasteiger charge is 2.22. The van der Waals surface area contributed by atoms with E-state index in [9.17, 15) is 24.6 Å². The van der Waals surface area contributed by atoms with E-state index < -0.39 is 36.4 Å². The Morgan fingerprint density at radius 1 is 1.31 bits per heavy atom. The number of aliphatic carboxylic acids is 2. The summed E-state index contributed by atoms with van der Waals surface area (Å²) in [6.07, 6.45) is -1.89. The first kappa shape index (κ1) is 14.2. The normalized spacial score (nSPS) is 13.6. The second kappa shape index (κ2) is 5.89. The smallest absolute Gasteiger partial charge is 0.333 e. The molecule has 0 aliphatic rings. The minimum atomic E-state index is -1.61. The summed E-state index contributed by atoms with van der Waals surface area (Å²) in [6.45, 7) is 5.97. The third kappa shape index (κ3) is 4.59. The van der Waals surface area contributed by atoms with Crippen LogP contribution >= 0.6 is 0 Å². The SMILES string of the molecule is C=C(C)C(=O)OC(C)C(CC(=O)[O-])C(=O)[O-]. The number of hydrogen-bond acceptors (Lipinski definition) is 6. The van der Waals surface area contributed by atoms with E-state index in [1.165, 1.54) is 13.8 Å². The van der Waals surface area contributed by atoms with Gasteiger partial charge < -0.3 is 24.5 Å². The Morgan fingerprint density at radius 3 is 2.12 bits per heavy atom. The molecule has 0 heterocycles. The predicted octanol–water partition coefficient (Wildman–Crippen LogP) is -2.00. The van der Waals surface area contributed by atoms with E-state index >= 15 is 0 Å². The van der Waals surface area contributed by atoms with E-state index in [-0.39, 0.29) is 5.57 Å². The summed E-state index contributed by atoms with van der Waals surface area (Å²) in [6, 6.07) is 0. The van der Waals surface area contributed by atoms with Gasteiger partial charge >= 0.3 is 5.97 Å². The van der Waals surface area contributed by atoms with Gasteiger partial charge in [-0.15, -0.1) is 0 Å². The molecule has 0 fully saturated rings. The number of esters is 1. The average molecular weight is 228 g/mol. The van der Waals surface area contributed by atoms with E-state index in [0.29, 0.717) is 0 Å². The zero-order valence-corrected chi connectivity index (χ0v) is 9.02. The zero-order valence-electron chi connectivity index (χ0n) is 9.02. The van der Waals surface area contributed by atoms with Crippen LogP contribution in [-0.4, -0.2) is 24.0 Å². The third-order valence-corrected chi connectivity index (χ3v) is 1.90. The fraction of sp³-hybridized carbons (Fsp3) is 0.500. The zero-order chi connectivity index (χ0) is 12.9. The molecule has 16 heavy (non-hydrogen) atoms. The molecule has 0 aromatic rings. The monoisotopic (exact) mass is 228 g/mol. The summed E-state index contributed by atoms with van der Waals surface area (Å²) < 4.78 is 4.69. The van der Waals surface area contributed by atoms with Gasteiger partial charge in [0.05, 0.1) is 0 Å². The molecule has 0 bridgehead atoms. The number of hydrogen-bond donors (Lipinski definition) is 0. The molecule has 0 radical (unpaired) electrons. The van der Waals surface area contributed by atoms with Crippen LogP contribution in [0.3, 0.4) is 0 Å². The fourth-order valence-electron chi connectivity index (χ4n) is 0.972. The topological polar surface area (TPSA) is 107 Å². The Hall–Kier alpha value is -1.85. The number of rotatable bonds is 6. The molecule has 6 nitrogen and oxygen atoms in total. The minimum absolute atomic E-state index is 0.0948. The highest BCUT2D eigenvalue weighted by Crippen LogP contribution is 2.12. The molecule has 0 aliphatic heterocycles. The summed E-state index contributed by atoms with van der Waals surface area (Å²) >= 11 is 0. The molecular weight excluding hydrogens is 216 g/mol. The van der Waals surface area contributed by atoms with E-state index in [1.807, 2.05) is 0 Å². The van der Waals surface area contributed by atoms with E-state index in [0.717, 1.165) is 0 Å². The van der Waals surface area contributed by atoms with Crippen molar-refractivity contribution in [1.29, 1.82) is 0 Å². The van der Waals surface area contributed by atoms with E-state index in [2.05, 4.69) is 11.3 Å². The van der Waals surface area contributed by atoms with Gasteiger partial charge in [-0.25, -0.2) is 4.79 Å². The van der Waals surface area contributed by atoms with Gasteiger partial charge in [0.15, 0.2) is 0 Å². The Labute approximate surface area is 92.5 Å². The summed E-state index contributed by atoms with van der Waals surface area (Å²) in [5.41, 5.74) is 0.0948. The Balaban J connectivity index is 4.56. The van der Waals surface area contributed by atoms with Crippen LogP contribution in [0.15, 0.2) is 12.2 Å². The van der Waals surface area contributed by atoms with Crippen LogP contribution in [0.1, 0.15) is 20.3 Å². The van der Waals surface area contributed by atoms with Crippen LogP contribution in [0.4, 0.5) is 0 Å². The molecule has 6 heteroatoms. The molecule has 0 spiro atoms. The summed E-state index contributed by atoms with van der Waals surface area (Å²) in [7, 11) is 0. The second-order valence-electron chi connectivity index (χ2n) is 3.39. The largest absolute Gasteiger partial charge is 0.550 e. The highest BCUT2D eigenvalue weighted by molar-refractivity contribution is 5.87. The van der Waals surface area contributed by atoms with Crippen molar-refractivity contribution in [2.75, 3.05) is 0 Å². The summed E-state index contributed by atoms with van der Waals surface area (Å²) in [4.78, 5) is 32.0. The molecule has 0 aromatic carbocycles. The maximum Gasteiger partial charge on any atom is 0.333 e. The van der Waals surface area contributed by atoms with Crippen molar-refractivity contribution in [1.82, 2.24) is 0 Å². The lowest BCUT2D eigenvalue weighted by molar-refractivity contribution is -0.323. The predicted molar refractivity (Wildman–Crippen MR) is 48.5 cm³/mol. The average Bonchev–Trinajstić information content (AvgIpc) is 2.12. The van der Waals surface area contributed by atoms with Crippen molar-refractivity contribution in [3.63, 3.8) is 0 Å². The number of carboxylic acid groups (broad SMARTS) is 2. The van der Waals surface area contributed by atoms with Crippen molar-refractivity contribution < 1.29 is 29.3 Å². The highest BCUT2D eigenvalue weighted by atomic mass is 16.5. The van der Waals surface area contributed by atoms with E-state index in [4.69, 9.17) is 0 Å². The lowest BCUT2D eigenvalue weighted by Gasteiger charge is -2.25. The quantitative estimate of drug-likeness (QED) is 0.384. The molecule has 2 unspecified atom stereocenters. The Kier molecular flexibility index (Phi) is 5.21. The van der Waals surface area contributed by atoms with Crippen LogP contribution in [0.25, 0.3) is 0 Å². The molecule has 0 saturated carbocycles. The van der Waals surface area contributed by atoms with Crippen molar-refractivity contribution in [2.24, 2.45) is 5.92 Å². The molecular formula is C10H12O6-2. The van der Waals surface area contributed by atoms with Crippen LogP contribution in [0, 0.1) is 5.92 Å². The number of ether oxygens (including phenoxy) is 1. The minimum Gasteiger partial charge on any atom is -0.550 e. The molecule has 0 saturated heterocycles. The van der Waals surface area contributed by atoms with Crippen molar-refractivity contribution in [3.8, 4) is 0 Å². The van der Waals surface area contributed by atoms with Gasteiger partial charge in [0.25, 0.3) is 0 Å². The summed E-state index contributed by atoms with van der Waals surface area (Å²) in [5, 5.41) is 20.9. The lowest BCUT2D eigenvalue weighted by atomic mass is 10.00. The van der Waals surface area contributed by atoms with Gasteiger partial charge in [-0.2, -0.15) is 0 Å². The first-order chi connectivity index (χ1) is 7.25. The van der Waals surface area contributed by atoms with Crippen molar-refractivity contribution in [2.45, 2.75) is 26.4 Å². The standard InChI is InChI=1S/C10H14O6/c1-5(2)10(15)16-6(3)7(9(13)14)4-8(11)12/h6-7H,1,4H2,2-3H3,(H,11,12)(H,13,14)/p-2. The maximum absolute atomic E-state index is 11.1. The maximum atomic E-state index is 11.1. The number of carboxylic acids is 2. The third-order valence-electron chi connectivity index (χ3n) is 1.90. The van der Waals surface area contributed by atoms with Crippen LogP contribution in [0.5, 0.6) is 0 Å². The van der Waals surface area contributed by atoms with Crippen LogP contribution in [-0.2, 0) is 19.1 Å². The van der Waals surface area contributed by atoms with Gasteiger partial charge in [-0.1, -0.05) is 6.58 Å². The Morgan fingerprint density at radius 2 is 1.81 bits per heavy atom. The van der Waals surface area contributed by atoms with Crippen molar-refractivity contribution >= 4 is 17.9 Å². The summed E-state index contributed by atoms with van der Waals surface area (Å²) in [5.74, 6) is -5.37. The molecule has 2 atom stereocenters. The molecule has 0 N–H and O–H groups in total. The van der Waals surface area contributed by atoms with Gasteiger partial charge in [0.1, 0.15) is 6.10 Å². The fourth-order valence-corrected chi connectivity index (χ4v) is 0.972. The lowest BCUT2D eigenvalue weighted by Crippen LogP contribution is -2.42. The molecule has 0 aliphatic carbocycles. The van der Waals surface area contributed by atoms with Crippen LogP contribution in [0.2, 0.25) is 0 Å².